The largest absolute Gasteiger partial charge is 0.474 e. The van der Waals surface area contributed by atoms with Crippen molar-refractivity contribution in [1.29, 1.82) is 0 Å². The number of ether oxygens (including phenoxy) is 2. The van der Waals surface area contributed by atoms with Crippen LogP contribution in [0.25, 0.3) is 11.1 Å². The summed E-state index contributed by atoms with van der Waals surface area (Å²) in [4.78, 5) is 31.7. The van der Waals surface area contributed by atoms with E-state index in [0.717, 1.165) is 21.6 Å². The number of nitrogens with zero attached hydrogens (tertiary/aromatic N) is 3. The molecule has 0 spiro atoms. The molecule has 43 heavy (non-hydrogen) atoms. The minimum absolute atomic E-state index is 0.0777. The minimum atomic E-state index is -3.80. The normalized spacial score (nSPS) is 18.9. The molecule has 2 atom stereocenters. The van der Waals surface area contributed by atoms with Crippen LogP contribution in [0.15, 0.2) is 72.9 Å². The number of benzene rings is 2. The highest BCUT2D eigenvalue weighted by Crippen LogP contribution is 2.27. The van der Waals surface area contributed by atoms with Crippen LogP contribution in [0.4, 0.5) is 9.18 Å². The zero-order chi connectivity index (χ0) is 30.6. The number of aromatic nitrogens is 1. The number of rotatable bonds is 10. The summed E-state index contributed by atoms with van der Waals surface area (Å²) >= 11 is 0. The van der Waals surface area contributed by atoms with Crippen molar-refractivity contribution < 1.29 is 31.9 Å². The fourth-order valence-corrected chi connectivity index (χ4v) is 7.45. The number of pyridine rings is 1. The van der Waals surface area contributed by atoms with Crippen molar-refractivity contribution in [3.63, 3.8) is 0 Å². The number of cyclic esters (lactones) is 1. The maximum absolute atomic E-state index is 13.6. The maximum atomic E-state index is 13.6. The van der Waals surface area contributed by atoms with Gasteiger partial charge in [-0.3, -0.25) is 4.79 Å². The molecular formula is C32H36FN3O6S. The summed E-state index contributed by atoms with van der Waals surface area (Å²) in [7, 11) is -3.80. The van der Waals surface area contributed by atoms with E-state index in [9.17, 15) is 22.4 Å². The van der Waals surface area contributed by atoms with Crippen LogP contribution in [0.1, 0.15) is 32.3 Å². The highest BCUT2D eigenvalue weighted by molar-refractivity contribution is 7.89. The second-order valence-electron chi connectivity index (χ2n) is 11.4. The van der Waals surface area contributed by atoms with E-state index in [0.29, 0.717) is 25.1 Å². The smallest absolute Gasteiger partial charge is 0.416 e. The molecule has 1 aromatic heterocycles. The molecule has 2 fully saturated rings. The van der Waals surface area contributed by atoms with Crippen LogP contribution in [-0.4, -0.2) is 72.2 Å². The number of sulfonamides is 1. The second-order valence-corrected chi connectivity index (χ2v) is 13.4. The molecule has 3 heterocycles. The number of amides is 2. The van der Waals surface area contributed by atoms with Crippen molar-refractivity contribution >= 4 is 22.0 Å². The standard InChI is InChI=1S/C32H36FN3O6S/c1-22(2)29(31(37)36-27(20-41-32(36)38)18-23-6-4-3-5-7-23)21-43(39,40)35-16-14-28(15-17-35)42-30-13-10-25(19-34-30)24-8-11-26(33)12-9-24/h3-13,19,22,27-29H,14-18,20-21H2,1-2H3/t27-,29-/m1/s1. The van der Waals surface area contributed by atoms with Gasteiger partial charge in [-0.05, 0) is 54.5 Å². The Balaban J connectivity index is 1.18. The fraction of sp³-hybridized carbons (Fsp3) is 0.406. The van der Waals surface area contributed by atoms with Crippen molar-refractivity contribution in [1.82, 2.24) is 14.2 Å². The molecule has 2 aliphatic heterocycles. The van der Waals surface area contributed by atoms with Gasteiger partial charge in [0, 0.05) is 30.9 Å². The first kappa shape index (κ1) is 30.6. The topological polar surface area (TPSA) is 106 Å². The number of carbonyl (C=O) groups excluding carboxylic acids is 2. The maximum Gasteiger partial charge on any atom is 0.416 e. The fourth-order valence-electron chi connectivity index (χ4n) is 5.49. The van der Waals surface area contributed by atoms with Crippen LogP contribution in [-0.2, 0) is 26.0 Å². The number of carbonyl (C=O) groups is 2. The number of piperidine rings is 1. The van der Waals surface area contributed by atoms with E-state index in [2.05, 4.69) is 4.98 Å². The molecule has 0 aliphatic carbocycles. The van der Waals surface area contributed by atoms with E-state index in [1.165, 1.54) is 16.4 Å². The van der Waals surface area contributed by atoms with Crippen molar-refractivity contribution in [2.24, 2.45) is 11.8 Å². The highest BCUT2D eigenvalue weighted by Gasteiger charge is 2.44. The van der Waals surface area contributed by atoms with E-state index < -0.39 is 34.0 Å². The van der Waals surface area contributed by atoms with E-state index in [4.69, 9.17) is 9.47 Å². The average Bonchev–Trinajstić information content (AvgIpc) is 3.36. The third-order valence-corrected chi connectivity index (χ3v) is 9.95. The van der Waals surface area contributed by atoms with Gasteiger partial charge in [0.2, 0.25) is 21.8 Å². The van der Waals surface area contributed by atoms with Gasteiger partial charge in [-0.15, -0.1) is 0 Å². The summed E-state index contributed by atoms with van der Waals surface area (Å²) in [5.41, 5.74) is 2.63. The molecule has 11 heteroatoms. The lowest BCUT2D eigenvalue weighted by Crippen LogP contribution is -2.49. The quantitative estimate of drug-likeness (QED) is 0.321. The van der Waals surface area contributed by atoms with Gasteiger partial charge in [0.1, 0.15) is 18.5 Å². The molecule has 9 nitrogen and oxygen atoms in total. The lowest BCUT2D eigenvalue weighted by molar-refractivity contribution is -0.134. The number of imide groups is 1. The van der Waals surface area contributed by atoms with Gasteiger partial charge in [-0.25, -0.2) is 31.8 Å². The first-order chi connectivity index (χ1) is 20.6. The molecule has 2 amide bonds. The molecular weight excluding hydrogens is 573 g/mol. The van der Waals surface area contributed by atoms with Crippen LogP contribution < -0.4 is 4.74 Å². The summed E-state index contributed by atoms with van der Waals surface area (Å²) in [6, 6.07) is 18.8. The molecule has 2 aromatic carbocycles. The molecule has 3 aromatic rings. The predicted octanol–water partition coefficient (Wildman–Crippen LogP) is 4.92. The Kier molecular flexibility index (Phi) is 9.41. The summed E-state index contributed by atoms with van der Waals surface area (Å²) in [6.07, 6.45) is 2.10. The van der Waals surface area contributed by atoms with E-state index in [1.54, 1.807) is 38.2 Å². The zero-order valence-corrected chi connectivity index (χ0v) is 25.1. The molecule has 5 rings (SSSR count). The zero-order valence-electron chi connectivity index (χ0n) is 24.3. The first-order valence-corrected chi connectivity index (χ1v) is 16.1. The Morgan fingerprint density at radius 2 is 1.70 bits per heavy atom. The van der Waals surface area contributed by atoms with Crippen molar-refractivity contribution in [2.75, 3.05) is 25.4 Å². The number of halogens is 1. The van der Waals surface area contributed by atoms with Crippen molar-refractivity contribution in [3.05, 3.63) is 84.3 Å². The molecule has 0 bridgehead atoms. The van der Waals surface area contributed by atoms with Crippen LogP contribution in [0, 0.1) is 17.7 Å². The number of hydrogen-bond donors (Lipinski definition) is 0. The van der Waals surface area contributed by atoms with Crippen molar-refractivity contribution in [3.8, 4) is 17.0 Å². The van der Waals surface area contributed by atoms with Gasteiger partial charge in [0.15, 0.2) is 0 Å². The Labute approximate surface area is 251 Å². The van der Waals surface area contributed by atoms with Gasteiger partial charge < -0.3 is 9.47 Å². The Morgan fingerprint density at radius 1 is 1.02 bits per heavy atom. The molecule has 0 unspecified atom stereocenters. The van der Waals surface area contributed by atoms with Gasteiger partial charge >= 0.3 is 6.09 Å². The molecule has 2 saturated heterocycles. The molecule has 0 N–H and O–H groups in total. The van der Waals surface area contributed by atoms with Gasteiger partial charge in [-0.2, -0.15) is 0 Å². The molecule has 2 aliphatic rings. The van der Waals surface area contributed by atoms with Crippen molar-refractivity contribution in [2.45, 2.75) is 45.3 Å². The Morgan fingerprint density at radius 3 is 2.33 bits per heavy atom. The van der Waals surface area contributed by atoms with Crippen LogP contribution in [0.5, 0.6) is 5.88 Å². The number of hydrogen-bond acceptors (Lipinski definition) is 7. The van der Waals surface area contributed by atoms with E-state index in [1.807, 2.05) is 36.4 Å². The van der Waals surface area contributed by atoms with Crippen LogP contribution in [0.2, 0.25) is 0 Å². The Hall–Kier alpha value is -3.83. The average molecular weight is 610 g/mol. The van der Waals surface area contributed by atoms with E-state index in [-0.39, 0.29) is 43.3 Å². The summed E-state index contributed by atoms with van der Waals surface area (Å²) in [5, 5.41) is 0. The van der Waals surface area contributed by atoms with Gasteiger partial charge in [-0.1, -0.05) is 56.3 Å². The lowest BCUT2D eigenvalue weighted by Gasteiger charge is -2.33. The van der Waals surface area contributed by atoms with Gasteiger partial charge in [0.05, 0.1) is 17.7 Å². The first-order valence-electron chi connectivity index (χ1n) is 14.5. The highest BCUT2D eigenvalue weighted by atomic mass is 32.2. The predicted molar refractivity (Wildman–Crippen MR) is 159 cm³/mol. The molecule has 0 radical (unpaired) electrons. The van der Waals surface area contributed by atoms with Crippen LogP contribution in [0.3, 0.4) is 0 Å². The summed E-state index contributed by atoms with van der Waals surface area (Å²) < 4.78 is 52.8. The third kappa shape index (κ3) is 7.40. The molecule has 228 valence electrons. The van der Waals surface area contributed by atoms with E-state index >= 15 is 0 Å². The van der Waals surface area contributed by atoms with Gasteiger partial charge in [0.25, 0.3) is 0 Å². The molecule has 0 saturated carbocycles. The van der Waals surface area contributed by atoms with Crippen LogP contribution >= 0.6 is 0 Å². The summed E-state index contributed by atoms with van der Waals surface area (Å²) in [5.74, 6) is -1.98. The lowest BCUT2D eigenvalue weighted by atomic mass is 9.95. The third-order valence-electron chi connectivity index (χ3n) is 8.02. The Bertz CT molecular complexity index is 1510. The minimum Gasteiger partial charge on any atom is -0.474 e. The SMILES string of the molecule is CC(C)[C@@H](CS(=O)(=O)N1CCC(Oc2ccc(-c3ccc(F)cc3)cn2)CC1)C(=O)N1C(=O)OC[C@H]1Cc1ccccc1. The monoisotopic (exact) mass is 609 g/mol. The second kappa shape index (κ2) is 13.2. The summed E-state index contributed by atoms with van der Waals surface area (Å²) in [6.45, 7) is 4.17.